The van der Waals surface area contributed by atoms with Crippen LogP contribution in [0.25, 0.3) is 11.3 Å². The van der Waals surface area contributed by atoms with Crippen molar-refractivity contribution in [2.45, 2.75) is 43.7 Å². The van der Waals surface area contributed by atoms with E-state index in [-0.39, 0.29) is 23.5 Å². The largest absolute Gasteiger partial charge is 0.480 e. The number of benzene rings is 1. The predicted molar refractivity (Wildman–Crippen MR) is 98.7 cm³/mol. The van der Waals surface area contributed by atoms with E-state index in [0.29, 0.717) is 31.0 Å². The van der Waals surface area contributed by atoms with E-state index in [1.54, 1.807) is 31.2 Å². The first-order valence-corrected chi connectivity index (χ1v) is 10.3. The Morgan fingerprint density at radius 1 is 1.33 bits per heavy atom. The van der Waals surface area contributed by atoms with Crippen molar-refractivity contribution in [1.29, 1.82) is 0 Å². The number of hydrogen-bond donors (Lipinski definition) is 2. The van der Waals surface area contributed by atoms with Gasteiger partial charge in [-0.1, -0.05) is 19.1 Å². The van der Waals surface area contributed by atoms with Crippen molar-refractivity contribution in [3.05, 3.63) is 36.4 Å². The molecule has 0 unspecified atom stereocenters. The monoisotopic (exact) mass is 393 g/mol. The van der Waals surface area contributed by atoms with Gasteiger partial charge in [0.1, 0.15) is 12.0 Å². The van der Waals surface area contributed by atoms with E-state index in [0.717, 1.165) is 5.56 Å². The molecule has 27 heavy (non-hydrogen) atoms. The van der Waals surface area contributed by atoms with E-state index < -0.39 is 16.0 Å². The van der Waals surface area contributed by atoms with Gasteiger partial charge in [-0.25, -0.2) is 18.1 Å². The summed E-state index contributed by atoms with van der Waals surface area (Å²) in [4.78, 5) is 17.1. The summed E-state index contributed by atoms with van der Waals surface area (Å²) in [6.45, 7) is 4.25. The molecule has 146 valence electrons. The molecule has 8 nitrogen and oxygen atoms in total. The van der Waals surface area contributed by atoms with Crippen molar-refractivity contribution < 1.29 is 22.7 Å². The lowest BCUT2D eigenvalue weighted by Gasteiger charge is -2.42. The summed E-state index contributed by atoms with van der Waals surface area (Å²) >= 11 is 0. The van der Waals surface area contributed by atoms with Gasteiger partial charge in [0.25, 0.3) is 0 Å². The Bertz CT molecular complexity index is 901. The van der Waals surface area contributed by atoms with E-state index in [4.69, 9.17) is 9.52 Å². The molecule has 2 N–H and O–H groups in total. The number of carbonyl (C=O) groups is 1. The third-order valence-electron chi connectivity index (χ3n) is 4.78. The number of carboxylic acids is 1. The Kier molecular flexibility index (Phi) is 5.64. The molecule has 0 aliphatic heterocycles. The average Bonchev–Trinajstić information content (AvgIpc) is 3.02. The van der Waals surface area contributed by atoms with Gasteiger partial charge in [-0.2, -0.15) is 0 Å². The zero-order valence-corrected chi connectivity index (χ0v) is 16.1. The van der Waals surface area contributed by atoms with Crippen LogP contribution in [0.1, 0.15) is 25.7 Å². The number of hydrogen-bond acceptors (Lipinski definition) is 6. The first-order valence-electron chi connectivity index (χ1n) is 8.79. The van der Waals surface area contributed by atoms with Crippen molar-refractivity contribution >= 4 is 16.0 Å². The summed E-state index contributed by atoms with van der Waals surface area (Å²) in [6.07, 6.45) is 2.75. The topological polar surface area (TPSA) is 113 Å². The summed E-state index contributed by atoms with van der Waals surface area (Å²) in [5.74, 6) is -0.324. The van der Waals surface area contributed by atoms with Gasteiger partial charge in [-0.15, -0.1) is 0 Å². The molecule has 0 radical (unpaired) electrons. The molecule has 0 bridgehead atoms. The summed E-state index contributed by atoms with van der Waals surface area (Å²) in [5, 5.41) is 8.93. The van der Waals surface area contributed by atoms with Gasteiger partial charge in [-0.3, -0.25) is 9.69 Å². The van der Waals surface area contributed by atoms with Gasteiger partial charge in [0, 0.05) is 24.6 Å². The molecular formula is C18H23N3O5S. The van der Waals surface area contributed by atoms with Crippen molar-refractivity contribution in [2.24, 2.45) is 0 Å². The number of likely N-dealkylation sites (N-methyl/N-ethyl adjacent to an activating group) is 1. The lowest BCUT2D eigenvalue weighted by molar-refractivity contribution is -0.139. The third-order valence-corrected chi connectivity index (χ3v) is 6.31. The van der Waals surface area contributed by atoms with E-state index in [9.17, 15) is 13.2 Å². The molecule has 1 saturated carbocycles. The Morgan fingerprint density at radius 2 is 2.00 bits per heavy atom. The Hall–Kier alpha value is -2.23. The maximum Gasteiger partial charge on any atom is 0.317 e. The number of nitrogens with one attached hydrogen (secondary N) is 1. The molecular weight excluding hydrogens is 370 g/mol. The first-order chi connectivity index (χ1) is 12.8. The molecule has 0 amide bonds. The predicted octanol–water partition coefficient (Wildman–Crippen LogP) is 1.87. The van der Waals surface area contributed by atoms with Crippen LogP contribution in [0.5, 0.6) is 0 Å². The van der Waals surface area contributed by atoms with Gasteiger partial charge >= 0.3 is 5.97 Å². The number of rotatable bonds is 8. The fraction of sp³-hybridized carbons (Fsp3) is 0.444. The second kappa shape index (κ2) is 7.79. The van der Waals surface area contributed by atoms with Crippen LogP contribution >= 0.6 is 0 Å². The molecule has 1 heterocycles. The Balaban J connectivity index is 1.60. The van der Waals surface area contributed by atoms with Crippen molar-refractivity contribution in [3.8, 4) is 11.3 Å². The molecule has 0 saturated heterocycles. The van der Waals surface area contributed by atoms with Gasteiger partial charge in [-0.05, 0) is 31.5 Å². The zero-order chi connectivity index (χ0) is 19.6. The van der Waals surface area contributed by atoms with Crippen LogP contribution < -0.4 is 4.72 Å². The summed E-state index contributed by atoms with van der Waals surface area (Å²) in [7, 11) is -3.62. The molecule has 1 aliphatic rings. The Morgan fingerprint density at radius 3 is 2.52 bits per heavy atom. The van der Waals surface area contributed by atoms with E-state index in [2.05, 4.69) is 9.71 Å². The van der Waals surface area contributed by atoms with Crippen LogP contribution in [0.15, 0.2) is 39.8 Å². The van der Waals surface area contributed by atoms with E-state index in [1.165, 1.54) is 6.26 Å². The quantitative estimate of drug-likeness (QED) is 0.704. The highest BCUT2D eigenvalue weighted by Gasteiger charge is 2.36. The van der Waals surface area contributed by atoms with Gasteiger partial charge in [0.05, 0.1) is 11.4 Å². The van der Waals surface area contributed by atoms with Crippen LogP contribution in [0.2, 0.25) is 0 Å². The maximum absolute atomic E-state index is 12.6. The molecule has 3 rings (SSSR count). The minimum absolute atomic E-state index is 0.0242. The average molecular weight is 393 g/mol. The van der Waals surface area contributed by atoms with Crippen molar-refractivity contribution in [3.63, 3.8) is 0 Å². The standard InChI is InChI=1S/C18H23N3O5S/c1-3-21(10-18(22)23)15-8-14(9-15)20-27(24,25)16-6-4-13(5-7-16)17-11-26-12(2)19-17/h4-7,11,14-15,20H,3,8-10H2,1-2H3,(H,22,23). The second-order valence-corrected chi connectivity index (χ2v) is 8.39. The van der Waals surface area contributed by atoms with Crippen LogP contribution in [-0.2, 0) is 14.8 Å². The van der Waals surface area contributed by atoms with Crippen LogP contribution in [-0.4, -0.2) is 54.6 Å². The highest BCUT2D eigenvalue weighted by Crippen LogP contribution is 2.27. The molecule has 0 spiro atoms. The van der Waals surface area contributed by atoms with Crippen molar-refractivity contribution in [1.82, 2.24) is 14.6 Å². The SMILES string of the molecule is CCN(CC(=O)O)C1CC(NS(=O)(=O)c2ccc(-c3coc(C)n3)cc2)C1. The normalized spacial score (nSPS) is 19.8. The summed E-state index contributed by atoms with van der Waals surface area (Å²) in [5.41, 5.74) is 1.44. The number of carboxylic acid groups (broad SMARTS) is 1. The zero-order valence-electron chi connectivity index (χ0n) is 15.3. The van der Waals surface area contributed by atoms with Crippen molar-refractivity contribution in [2.75, 3.05) is 13.1 Å². The third kappa shape index (κ3) is 4.55. The number of aromatic nitrogens is 1. The molecule has 0 atom stereocenters. The van der Waals surface area contributed by atoms with E-state index >= 15 is 0 Å². The van der Waals surface area contributed by atoms with Crippen LogP contribution in [0.4, 0.5) is 0 Å². The molecule has 1 fully saturated rings. The first kappa shape index (κ1) is 19.5. The summed E-state index contributed by atoms with van der Waals surface area (Å²) in [6, 6.07) is 6.39. The number of aryl methyl sites for hydroxylation is 1. The fourth-order valence-corrected chi connectivity index (χ4v) is 4.51. The van der Waals surface area contributed by atoms with E-state index in [1.807, 2.05) is 11.8 Å². The highest BCUT2D eigenvalue weighted by atomic mass is 32.2. The van der Waals surface area contributed by atoms with Crippen LogP contribution in [0, 0.1) is 6.92 Å². The van der Waals surface area contributed by atoms with Crippen LogP contribution in [0.3, 0.4) is 0 Å². The van der Waals surface area contributed by atoms with Gasteiger partial charge in [0.2, 0.25) is 10.0 Å². The number of oxazole rings is 1. The second-order valence-electron chi connectivity index (χ2n) is 6.68. The number of nitrogens with zero attached hydrogens (tertiary/aromatic N) is 2. The molecule has 9 heteroatoms. The molecule has 2 aromatic rings. The highest BCUT2D eigenvalue weighted by molar-refractivity contribution is 7.89. The molecule has 1 aromatic carbocycles. The minimum Gasteiger partial charge on any atom is -0.480 e. The molecule has 1 aromatic heterocycles. The fourth-order valence-electron chi connectivity index (χ4n) is 3.24. The number of sulfonamides is 1. The summed E-state index contributed by atoms with van der Waals surface area (Å²) < 4.78 is 33.0. The van der Waals surface area contributed by atoms with Gasteiger partial charge < -0.3 is 9.52 Å². The number of aliphatic carboxylic acids is 1. The maximum atomic E-state index is 12.6. The smallest absolute Gasteiger partial charge is 0.317 e. The lowest BCUT2D eigenvalue weighted by Crippen LogP contribution is -2.54. The lowest BCUT2D eigenvalue weighted by atomic mass is 9.86. The molecule has 1 aliphatic carbocycles. The minimum atomic E-state index is -3.62. The van der Waals surface area contributed by atoms with Gasteiger partial charge in [0.15, 0.2) is 5.89 Å². The Labute approximate surface area is 158 Å².